The summed E-state index contributed by atoms with van der Waals surface area (Å²) in [6, 6.07) is 7.45. The van der Waals surface area contributed by atoms with E-state index >= 15 is 0 Å². The highest BCUT2D eigenvalue weighted by Crippen LogP contribution is 2.24. The van der Waals surface area contributed by atoms with E-state index in [-0.39, 0.29) is 18.3 Å². The van der Waals surface area contributed by atoms with Crippen LogP contribution in [-0.2, 0) is 13.1 Å². The number of hydrogen-bond acceptors (Lipinski definition) is 5. The number of ether oxygens (including phenoxy) is 1. The lowest BCUT2D eigenvalue weighted by atomic mass is 10.2. The minimum atomic E-state index is -0.352. The predicted molar refractivity (Wildman–Crippen MR) is 91.5 cm³/mol. The highest BCUT2D eigenvalue weighted by molar-refractivity contribution is 7.09. The zero-order valence-electron chi connectivity index (χ0n) is 13.5. The molecule has 128 valence electrons. The number of hydrogen-bond donors (Lipinski definition) is 0. The summed E-state index contributed by atoms with van der Waals surface area (Å²) in [5.74, 6) is -0.0373. The minimum absolute atomic E-state index is 0.275. The fraction of sp³-hybridized carbons (Fsp3) is 0.235. The molecule has 25 heavy (non-hydrogen) atoms. The number of thiazole rings is 1. The fourth-order valence-corrected chi connectivity index (χ4v) is 3.30. The normalized spacial score (nSPS) is 12.7. The molecule has 1 aromatic carbocycles. The zero-order valence-corrected chi connectivity index (χ0v) is 14.3. The highest BCUT2D eigenvalue weighted by atomic mass is 32.1. The van der Waals surface area contributed by atoms with Gasteiger partial charge in [0, 0.05) is 17.1 Å². The third kappa shape index (κ3) is 3.12. The summed E-state index contributed by atoms with van der Waals surface area (Å²) in [5.41, 5.74) is 1.67. The summed E-state index contributed by atoms with van der Waals surface area (Å²) in [6.07, 6.45) is 0. The summed E-state index contributed by atoms with van der Waals surface area (Å²) in [5, 5.41) is 7.15. The summed E-state index contributed by atoms with van der Waals surface area (Å²) in [7, 11) is 0. The molecule has 0 saturated heterocycles. The second-order valence-electron chi connectivity index (χ2n) is 5.66. The average Bonchev–Trinajstić information content (AvgIpc) is 3.29. The molecule has 6 nitrogen and oxygen atoms in total. The van der Waals surface area contributed by atoms with Gasteiger partial charge < -0.3 is 9.64 Å². The van der Waals surface area contributed by atoms with Crippen molar-refractivity contribution in [3.63, 3.8) is 0 Å². The average molecular weight is 358 g/mol. The fourth-order valence-electron chi connectivity index (χ4n) is 2.70. The van der Waals surface area contributed by atoms with Crippen molar-refractivity contribution < 1.29 is 13.9 Å². The molecule has 0 fully saturated rings. The number of aryl methyl sites for hydroxylation is 1. The molecule has 3 heterocycles. The van der Waals surface area contributed by atoms with E-state index in [1.807, 2.05) is 12.3 Å². The number of aromatic nitrogens is 3. The van der Waals surface area contributed by atoms with Crippen LogP contribution in [0.1, 0.15) is 21.2 Å². The molecule has 1 aliphatic rings. The molecule has 3 aromatic rings. The summed E-state index contributed by atoms with van der Waals surface area (Å²) >= 11 is 1.52. The number of amides is 1. The molecule has 0 radical (unpaired) electrons. The molecule has 8 heteroatoms. The lowest BCUT2D eigenvalue weighted by Gasteiger charge is -2.21. The molecular formula is C17H15FN4O2S. The monoisotopic (exact) mass is 358 g/mol. The molecule has 2 aromatic heterocycles. The predicted octanol–water partition coefficient (Wildman–Crippen LogP) is 3.03. The maximum atomic E-state index is 13.3. The van der Waals surface area contributed by atoms with Gasteiger partial charge in [-0.05, 0) is 31.2 Å². The maximum Gasteiger partial charge on any atom is 0.279 e. The van der Waals surface area contributed by atoms with Crippen LogP contribution in [0.15, 0.2) is 35.7 Å². The van der Waals surface area contributed by atoms with Gasteiger partial charge in [0.25, 0.3) is 5.91 Å². The molecule has 0 unspecified atom stereocenters. The molecule has 0 aliphatic carbocycles. The van der Waals surface area contributed by atoms with Gasteiger partial charge in [-0.2, -0.15) is 5.10 Å². The van der Waals surface area contributed by atoms with Crippen molar-refractivity contribution in [1.82, 2.24) is 14.8 Å². The zero-order chi connectivity index (χ0) is 17.4. The van der Waals surface area contributed by atoms with E-state index in [2.05, 4.69) is 10.1 Å². The Kier molecular flexibility index (Phi) is 3.96. The molecule has 0 bridgehead atoms. The van der Waals surface area contributed by atoms with Crippen LogP contribution in [0.2, 0.25) is 0 Å². The van der Waals surface area contributed by atoms with Gasteiger partial charge in [0.1, 0.15) is 12.4 Å². The molecule has 0 saturated carbocycles. The number of fused-ring (bicyclic) bond motifs is 1. The Morgan fingerprint density at radius 1 is 1.40 bits per heavy atom. The van der Waals surface area contributed by atoms with Gasteiger partial charge in [-0.15, -0.1) is 11.3 Å². The minimum Gasteiger partial charge on any atom is -0.476 e. The van der Waals surface area contributed by atoms with E-state index in [0.29, 0.717) is 30.4 Å². The first-order valence-corrected chi connectivity index (χ1v) is 8.67. The molecule has 0 spiro atoms. The Balaban J connectivity index is 1.67. The van der Waals surface area contributed by atoms with Crippen LogP contribution in [0, 0.1) is 12.7 Å². The number of benzene rings is 1. The van der Waals surface area contributed by atoms with Crippen molar-refractivity contribution in [2.45, 2.75) is 20.0 Å². The highest BCUT2D eigenvalue weighted by Gasteiger charge is 2.25. The SMILES string of the molecule is Cc1nc(CN(C(=O)c2cc3n(n2)CCO3)c2ccc(F)cc2)cs1. The van der Waals surface area contributed by atoms with Gasteiger partial charge in [0.05, 0.1) is 23.8 Å². The van der Waals surface area contributed by atoms with Gasteiger partial charge in [-0.1, -0.05) is 0 Å². The quantitative estimate of drug-likeness (QED) is 0.719. The third-order valence-electron chi connectivity index (χ3n) is 3.89. The number of halogens is 1. The molecule has 0 atom stereocenters. The first-order valence-electron chi connectivity index (χ1n) is 7.79. The molecule has 4 rings (SSSR count). The van der Waals surface area contributed by atoms with Crippen LogP contribution in [0.4, 0.5) is 10.1 Å². The largest absolute Gasteiger partial charge is 0.476 e. The van der Waals surface area contributed by atoms with E-state index in [0.717, 1.165) is 10.7 Å². The van der Waals surface area contributed by atoms with E-state index in [1.54, 1.807) is 27.8 Å². The van der Waals surface area contributed by atoms with Crippen LogP contribution < -0.4 is 9.64 Å². The van der Waals surface area contributed by atoms with Crippen molar-refractivity contribution >= 4 is 22.9 Å². The summed E-state index contributed by atoms with van der Waals surface area (Å²) in [6.45, 7) is 3.40. The Labute approximate surface area is 147 Å². The number of anilines is 1. The van der Waals surface area contributed by atoms with Crippen molar-refractivity contribution in [2.75, 3.05) is 11.5 Å². The number of rotatable bonds is 4. The van der Waals surface area contributed by atoms with E-state index < -0.39 is 0 Å². The lowest BCUT2D eigenvalue weighted by molar-refractivity contribution is 0.0979. The number of carbonyl (C=O) groups is 1. The van der Waals surface area contributed by atoms with Crippen LogP contribution in [0.5, 0.6) is 5.88 Å². The van der Waals surface area contributed by atoms with E-state index in [4.69, 9.17) is 4.74 Å². The molecule has 0 N–H and O–H groups in total. The smallest absolute Gasteiger partial charge is 0.279 e. The molecule has 1 amide bonds. The Morgan fingerprint density at radius 3 is 2.88 bits per heavy atom. The first kappa shape index (κ1) is 15.8. The van der Waals surface area contributed by atoms with Gasteiger partial charge in [0.2, 0.25) is 5.88 Å². The van der Waals surface area contributed by atoms with E-state index in [9.17, 15) is 9.18 Å². The number of carbonyl (C=O) groups excluding carboxylic acids is 1. The number of nitrogens with zero attached hydrogens (tertiary/aromatic N) is 4. The maximum absolute atomic E-state index is 13.3. The van der Waals surface area contributed by atoms with Crippen LogP contribution >= 0.6 is 11.3 Å². The Hall–Kier alpha value is -2.74. The summed E-state index contributed by atoms with van der Waals surface area (Å²) in [4.78, 5) is 19.0. The van der Waals surface area contributed by atoms with Gasteiger partial charge in [-0.3, -0.25) is 4.79 Å². The first-order chi connectivity index (χ1) is 12.1. The second-order valence-corrected chi connectivity index (χ2v) is 6.73. The van der Waals surface area contributed by atoms with Crippen LogP contribution in [-0.4, -0.2) is 27.3 Å². The summed E-state index contributed by atoms with van der Waals surface area (Å²) < 4.78 is 20.4. The Morgan fingerprint density at radius 2 is 2.20 bits per heavy atom. The molecular weight excluding hydrogens is 343 g/mol. The third-order valence-corrected chi connectivity index (χ3v) is 4.71. The van der Waals surface area contributed by atoms with Crippen molar-refractivity contribution in [3.05, 3.63) is 57.9 Å². The van der Waals surface area contributed by atoms with Crippen molar-refractivity contribution in [2.24, 2.45) is 0 Å². The van der Waals surface area contributed by atoms with Crippen molar-refractivity contribution in [1.29, 1.82) is 0 Å². The molecule has 1 aliphatic heterocycles. The van der Waals surface area contributed by atoms with Gasteiger partial charge >= 0.3 is 0 Å². The van der Waals surface area contributed by atoms with Gasteiger partial charge in [0.15, 0.2) is 5.69 Å². The van der Waals surface area contributed by atoms with Crippen molar-refractivity contribution in [3.8, 4) is 5.88 Å². The topological polar surface area (TPSA) is 60.2 Å². The lowest BCUT2D eigenvalue weighted by Crippen LogP contribution is -2.31. The Bertz CT molecular complexity index is 898. The van der Waals surface area contributed by atoms with Crippen LogP contribution in [0.25, 0.3) is 0 Å². The standard InChI is InChI=1S/C17H15FN4O2S/c1-11-19-13(10-25-11)9-21(14-4-2-12(18)3-5-14)17(23)15-8-16-22(20-15)6-7-24-16/h2-5,8,10H,6-7,9H2,1H3. The van der Waals surface area contributed by atoms with Gasteiger partial charge in [-0.25, -0.2) is 14.1 Å². The second kappa shape index (κ2) is 6.29. The van der Waals surface area contributed by atoms with Crippen LogP contribution in [0.3, 0.4) is 0 Å². The van der Waals surface area contributed by atoms with E-state index in [1.165, 1.54) is 23.5 Å².